The van der Waals surface area contributed by atoms with Gasteiger partial charge in [-0.1, -0.05) is 11.6 Å². The van der Waals surface area contributed by atoms with E-state index < -0.39 is 0 Å². The molecule has 0 aliphatic carbocycles. The van der Waals surface area contributed by atoms with Crippen LogP contribution in [0.1, 0.15) is 32.0 Å². The minimum absolute atomic E-state index is 0.136. The number of hydrogen-bond acceptors (Lipinski definition) is 4. The maximum Gasteiger partial charge on any atom is 0.175 e. The van der Waals surface area contributed by atoms with Gasteiger partial charge in [0.05, 0.1) is 23.3 Å². The van der Waals surface area contributed by atoms with Gasteiger partial charge in [0.15, 0.2) is 5.78 Å². The molecule has 2 rings (SSSR count). The highest BCUT2D eigenvalue weighted by molar-refractivity contribution is 5.92. The van der Waals surface area contributed by atoms with Crippen molar-refractivity contribution in [3.8, 4) is 0 Å². The summed E-state index contributed by atoms with van der Waals surface area (Å²) in [6, 6.07) is 4.02. The quantitative estimate of drug-likeness (QED) is 0.565. The zero-order chi connectivity index (χ0) is 16.8. The van der Waals surface area contributed by atoms with E-state index in [1.165, 1.54) is 12.5 Å². The summed E-state index contributed by atoms with van der Waals surface area (Å²) < 4.78 is 0. The average molecular weight is 310 g/mol. The minimum atomic E-state index is -0.136. The monoisotopic (exact) mass is 310 g/mol. The summed E-state index contributed by atoms with van der Waals surface area (Å²) in [6.07, 6.45) is 9.00. The fourth-order valence-electron chi connectivity index (χ4n) is 2.13. The number of carbonyl (C=O) groups is 1. The van der Waals surface area contributed by atoms with Gasteiger partial charge < -0.3 is 16.0 Å². The van der Waals surface area contributed by atoms with Gasteiger partial charge in [0.2, 0.25) is 0 Å². The van der Waals surface area contributed by atoms with Crippen molar-refractivity contribution in [3.63, 3.8) is 0 Å². The van der Waals surface area contributed by atoms with E-state index in [-0.39, 0.29) is 11.5 Å². The first kappa shape index (κ1) is 16.5. The number of rotatable bonds is 6. The van der Waals surface area contributed by atoms with E-state index in [2.05, 4.69) is 35.2 Å². The largest absolute Gasteiger partial charge is 0.396 e. The average Bonchev–Trinajstić information content (AvgIpc) is 2.90. The van der Waals surface area contributed by atoms with Crippen molar-refractivity contribution in [3.05, 3.63) is 59.2 Å². The van der Waals surface area contributed by atoms with Crippen LogP contribution in [0.3, 0.4) is 0 Å². The predicted octanol–water partition coefficient (Wildman–Crippen LogP) is 3.02. The third-order valence-corrected chi connectivity index (χ3v) is 3.24. The summed E-state index contributed by atoms with van der Waals surface area (Å²) in [5.41, 5.74) is 11.2. The van der Waals surface area contributed by atoms with Crippen LogP contribution < -0.4 is 11.1 Å². The summed E-state index contributed by atoms with van der Waals surface area (Å²) in [4.78, 5) is 18.7. The van der Waals surface area contributed by atoms with Gasteiger partial charge in [-0.2, -0.15) is 0 Å². The van der Waals surface area contributed by atoms with Crippen molar-refractivity contribution in [2.45, 2.75) is 27.3 Å². The van der Waals surface area contributed by atoms with Crippen LogP contribution in [0.25, 0.3) is 17.1 Å². The van der Waals surface area contributed by atoms with E-state index in [0.29, 0.717) is 6.54 Å². The molecule has 0 aromatic carbocycles. The van der Waals surface area contributed by atoms with E-state index >= 15 is 0 Å². The van der Waals surface area contributed by atoms with Crippen LogP contribution in [-0.4, -0.2) is 15.8 Å². The van der Waals surface area contributed by atoms with E-state index in [1.54, 1.807) is 18.4 Å². The first-order valence-electron chi connectivity index (χ1n) is 7.45. The number of nitrogens with zero attached hydrogens (tertiary/aromatic N) is 1. The van der Waals surface area contributed by atoms with Crippen molar-refractivity contribution in [1.29, 1.82) is 0 Å². The highest BCUT2D eigenvalue weighted by Crippen LogP contribution is 2.19. The molecular formula is C18H22N4O. The number of ketones is 1. The maximum absolute atomic E-state index is 11.0. The molecule has 0 aliphatic heterocycles. The Morgan fingerprint density at radius 1 is 1.39 bits per heavy atom. The molecule has 23 heavy (non-hydrogen) atoms. The SMILES string of the molecule is CC(=O)/C(N)=C\C=C/NCc1cc2nccc(C=C(C)C)c2[nH]1. The lowest BCUT2D eigenvalue weighted by molar-refractivity contribution is -0.113. The third kappa shape index (κ3) is 4.57. The second-order valence-electron chi connectivity index (χ2n) is 5.59. The van der Waals surface area contributed by atoms with E-state index in [4.69, 9.17) is 5.73 Å². The maximum atomic E-state index is 11.0. The van der Waals surface area contributed by atoms with Crippen LogP contribution in [-0.2, 0) is 11.3 Å². The Balaban J connectivity index is 2.07. The van der Waals surface area contributed by atoms with Gasteiger partial charge in [0, 0.05) is 24.4 Å². The van der Waals surface area contributed by atoms with Gasteiger partial charge in [-0.3, -0.25) is 9.78 Å². The Kier molecular flexibility index (Phi) is 5.36. The van der Waals surface area contributed by atoms with Gasteiger partial charge in [-0.25, -0.2) is 0 Å². The molecule has 2 aromatic heterocycles. The fraction of sp³-hybridized carbons (Fsp3) is 0.222. The molecule has 0 radical (unpaired) electrons. The molecule has 0 saturated carbocycles. The van der Waals surface area contributed by atoms with Gasteiger partial charge in [-0.15, -0.1) is 0 Å². The Labute approximate surface area is 136 Å². The lowest BCUT2D eigenvalue weighted by Crippen LogP contribution is -2.07. The Bertz CT molecular complexity index is 792. The number of Topliss-reactive ketones (excluding diaryl/α,β-unsaturated/α-hetero) is 1. The molecule has 120 valence electrons. The number of H-pyrrole nitrogens is 1. The first-order chi connectivity index (χ1) is 11.0. The van der Waals surface area contributed by atoms with E-state index in [1.807, 2.05) is 18.3 Å². The smallest absolute Gasteiger partial charge is 0.175 e. The van der Waals surface area contributed by atoms with Crippen molar-refractivity contribution in [1.82, 2.24) is 15.3 Å². The van der Waals surface area contributed by atoms with Crippen molar-refractivity contribution in [2.75, 3.05) is 0 Å². The first-order valence-corrected chi connectivity index (χ1v) is 7.45. The summed E-state index contributed by atoms with van der Waals surface area (Å²) in [5.74, 6) is -0.136. The second kappa shape index (κ2) is 7.45. The summed E-state index contributed by atoms with van der Waals surface area (Å²) in [5, 5.41) is 3.15. The molecular weight excluding hydrogens is 288 g/mol. The number of pyridine rings is 1. The topological polar surface area (TPSA) is 83.8 Å². The summed E-state index contributed by atoms with van der Waals surface area (Å²) in [7, 11) is 0. The predicted molar refractivity (Wildman–Crippen MR) is 94.3 cm³/mol. The molecule has 2 aromatic rings. The molecule has 0 aliphatic rings. The molecule has 0 atom stereocenters. The minimum Gasteiger partial charge on any atom is -0.396 e. The molecule has 0 fully saturated rings. The number of carbonyl (C=O) groups excluding carboxylic acids is 1. The number of aromatic nitrogens is 2. The van der Waals surface area contributed by atoms with Gasteiger partial charge >= 0.3 is 0 Å². The molecule has 5 heteroatoms. The molecule has 0 unspecified atom stereocenters. The van der Waals surface area contributed by atoms with Gasteiger partial charge in [0.25, 0.3) is 0 Å². The summed E-state index contributed by atoms with van der Waals surface area (Å²) >= 11 is 0. The second-order valence-corrected chi connectivity index (χ2v) is 5.59. The zero-order valence-electron chi connectivity index (χ0n) is 13.7. The Hall–Kier alpha value is -2.82. The Morgan fingerprint density at radius 2 is 2.17 bits per heavy atom. The normalized spacial score (nSPS) is 11.9. The molecule has 0 saturated heterocycles. The van der Waals surface area contributed by atoms with Gasteiger partial charge in [0.1, 0.15) is 0 Å². The van der Waals surface area contributed by atoms with Crippen LogP contribution in [0.15, 0.2) is 48.0 Å². The van der Waals surface area contributed by atoms with Crippen LogP contribution in [0, 0.1) is 0 Å². The number of allylic oxidation sites excluding steroid dienone is 4. The molecule has 5 nitrogen and oxygen atoms in total. The number of nitrogens with one attached hydrogen (secondary N) is 2. The van der Waals surface area contributed by atoms with Gasteiger partial charge in [-0.05, 0) is 44.3 Å². The summed E-state index contributed by atoms with van der Waals surface area (Å²) in [6.45, 7) is 6.22. The fourth-order valence-corrected chi connectivity index (χ4v) is 2.13. The number of aromatic amines is 1. The third-order valence-electron chi connectivity index (χ3n) is 3.24. The number of nitrogens with two attached hydrogens (primary N) is 1. The molecule has 0 amide bonds. The van der Waals surface area contributed by atoms with Crippen molar-refractivity contribution < 1.29 is 4.79 Å². The standard InChI is InChI=1S/C18H22N4O/c1-12(2)9-14-6-8-21-17-10-15(22-18(14)17)11-20-7-4-5-16(19)13(3)23/h4-10,20,22H,11,19H2,1-3H3/b7-4-,16-5+. The van der Waals surface area contributed by atoms with Crippen LogP contribution >= 0.6 is 0 Å². The number of fused-ring (bicyclic) bond motifs is 1. The lowest BCUT2D eigenvalue weighted by atomic mass is 10.1. The van der Waals surface area contributed by atoms with Crippen LogP contribution in [0.5, 0.6) is 0 Å². The molecule has 0 bridgehead atoms. The van der Waals surface area contributed by atoms with Crippen LogP contribution in [0.2, 0.25) is 0 Å². The van der Waals surface area contributed by atoms with E-state index in [9.17, 15) is 4.79 Å². The lowest BCUT2D eigenvalue weighted by Gasteiger charge is -1.98. The zero-order valence-corrected chi connectivity index (χ0v) is 13.7. The van der Waals surface area contributed by atoms with Crippen LogP contribution in [0.4, 0.5) is 0 Å². The highest BCUT2D eigenvalue weighted by Gasteiger charge is 2.04. The molecule has 4 N–H and O–H groups in total. The highest BCUT2D eigenvalue weighted by atomic mass is 16.1. The molecule has 0 spiro atoms. The number of hydrogen-bond donors (Lipinski definition) is 3. The van der Waals surface area contributed by atoms with E-state index in [0.717, 1.165) is 22.3 Å². The van der Waals surface area contributed by atoms with Crippen molar-refractivity contribution >= 4 is 22.9 Å². The Morgan fingerprint density at radius 3 is 2.87 bits per heavy atom. The molecule has 2 heterocycles. The van der Waals surface area contributed by atoms with Crippen molar-refractivity contribution in [2.24, 2.45) is 5.73 Å².